The number of hydrazone groups is 1. The zero-order valence-corrected chi connectivity index (χ0v) is 37.7. The zero-order valence-electron chi connectivity index (χ0n) is 37.7. The highest BCUT2D eigenvalue weighted by molar-refractivity contribution is 6.06. The molecular formula is C45H66N8O11. The minimum absolute atomic E-state index is 0.0690. The Morgan fingerprint density at radius 1 is 0.828 bits per heavy atom. The summed E-state index contributed by atoms with van der Waals surface area (Å²) >= 11 is 0. The van der Waals surface area contributed by atoms with Crippen molar-refractivity contribution in [1.29, 1.82) is 0 Å². The first kappa shape index (κ1) is 51.1. The molecule has 2 aromatic rings. The van der Waals surface area contributed by atoms with E-state index in [0.29, 0.717) is 97.2 Å². The second kappa shape index (κ2) is 27.0. The fourth-order valence-electron chi connectivity index (χ4n) is 7.63. The molecule has 1 aromatic heterocycles. The third kappa shape index (κ3) is 16.6. The van der Waals surface area contributed by atoms with Gasteiger partial charge in [-0.3, -0.25) is 29.0 Å². The monoisotopic (exact) mass is 894 g/mol. The summed E-state index contributed by atoms with van der Waals surface area (Å²) in [6, 6.07) is 9.21. The number of carbonyl (C=O) groups is 6. The number of aromatic nitrogens is 1. The van der Waals surface area contributed by atoms with Crippen LogP contribution in [0, 0.1) is 17.3 Å². The number of aliphatic carboxylic acids is 1. The van der Waals surface area contributed by atoms with Crippen LogP contribution < -0.4 is 21.3 Å². The maximum atomic E-state index is 12.9. The molecule has 19 heteroatoms. The Morgan fingerprint density at radius 2 is 1.45 bits per heavy atom. The summed E-state index contributed by atoms with van der Waals surface area (Å²) in [7, 11) is 0. The Kier molecular flexibility index (Phi) is 21.5. The van der Waals surface area contributed by atoms with Gasteiger partial charge in [0, 0.05) is 69.6 Å². The second-order valence-corrected chi connectivity index (χ2v) is 16.1. The van der Waals surface area contributed by atoms with Crippen molar-refractivity contribution in [3.8, 4) is 0 Å². The number of anilines is 1. The molecular weight excluding hydrogens is 829 g/mol. The molecule has 0 radical (unpaired) electrons. The average Bonchev–Trinajstić information content (AvgIpc) is 3.72. The molecule has 1 aromatic carbocycles. The average molecular weight is 895 g/mol. The maximum Gasteiger partial charge on any atom is 0.322 e. The highest BCUT2D eigenvalue weighted by Crippen LogP contribution is 2.36. The van der Waals surface area contributed by atoms with Gasteiger partial charge in [0.2, 0.25) is 23.6 Å². The molecule has 2 aliphatic rings. The summed E-state index contributed by atoms with van der Waals surface area (Å²) in [4.78, 5) is 80.2. The van der Waals surface area contributed by atoms with E-state index in [0.717, 1.165) is 22.4 Å². The van der Waals surface area contributed by atoms with Crippen molar-refractivity contribution in [2.75, 3.05) is 84.4 Å². The third-order valence-corrected chi connectivity index (χ3v) is 11.3. The number of nitrogens with zero attached hydrogens (tertiary/aromatic N) is 4. The molecule has 19 nitrogen and oxygen atoms in total. The van der Waals surface area contributed by atoms with E-state index in [1.807, 2.05) is 51.1 Å². The van der Waals surface area contributed by atoms with Gasteiger partial charge in [-0.1, -0.05) is 45.7 Å². The second-order valence-electron chi connectivity index (χ2n) is 16.1. The molecule has 0 fully saturated rings. The van der Waals surface area contributed by atoms with Crippen LogP contribution in [-0.2, 0) is 56.0 Å². The lowest BCUT2D eigenvalue weighted by Crippen LogP contribution is -2.48. The van der Waals surface area contributed by atoms with Gasteiger partial charge in [-0.25, -0.2) is 9.80 Å². The lowest BCUT2D eigenvalue weighted by Gasteiger charge is -2.34. The Hall–Kier alpha value is -5.50. The number of carboxylic acid groups (broad SMARTS) is 1. The Bertz CT molecular complexity index is 1850. The summed E-state index contributed by atoms with van der Waals surface area (Å²) in [5, 5.41) is 26.5. The Balaban J connectivity index is 0.961. The normalized spacial score (nSPS) is 15.6. The van der Waals surface area contributed by atoms with Crippen molar-refractivity contribution in [3.05, 3.63) is 59.4 Å². The minimum Gasteiger partial charge on any atom is -0.481 e. The summed E-state index contributed by atoms with van der Waals surface area (Å²) in [5.41, 5.74) is 3.37. The molecule has 2 aliphatic heterocycles. The standard InChI is InChI=1S/C45H66N8O11/c1-5-36(6-2)45(4,27-41(57)58)43(59)49-29-39(55)48-16-19-62-21-23-64-25-24-63-22-20-61-18-13-38(54)47-14-7-17-53-40(56)26-32(3)42(51-53)33-8-10-37(11-9-33)50-44(60)52-30-34-12-15-46-28-35(34)31-52/h8-12,15,28,32,36H,5-7,13-14,16-27,29-31H2,1-4H3,(H,47,54)(H,48,55)(H,49,59)(H,50,60)(H,57,58). The predicted molar refractivity (Wildman–Crippen MR) is 237 cm³/mol. The van der Waals surface area contributed by atoms with Gasteiger partial charge in [-0.15, -0.1) is 0 Å². The number of pyridine rings is 1. The molecule has 5 N–H and O–H groups in total. The lowest BCUT2D eigenvalue weighted by atomic mass is 9.71. The van der Waals surface area contributed by atoms with Crippen LogP contribution in [0.4, 0.5) is 10.5 Å². The van der Waals surface area contributed by atoms with Crippen LogP contribution >= 0.6 is 0 Å². The van der Waals surface area contributed by atoms with Crippen molar-refractivity contribution in [1.82, 2.24) is 30.8 Å². The number of ether oxygens (including phenoxy) is 4. The maximum absolute atomic E-state index is 12.9. The van der Waals surface area contributed by atoms with E-state index in [1.165, 1.54) is 5.01 Å². The molecule has 0 saturated carbocycles. The number of fused-ring (bicyclic) bond motifs is 1. The number of carboxylic acids is 1. The van der Waals surface area contributed by atoms with Gasteiger partial charge < -0.3 is 50.2 Å². The largest absolute Gasteiger partial charge is 0.481 e. The molecule has 6 amide bonds. The molecule has 0 aliphatic carbocycles. The van der Waals surface area contributed by atoms with Gasteiger partial charge in [0.05, 0.1) is 76.9 Å². The Morgan fingerprint density at radius 3 is 2.09 bits per heavy atom. The van der Waals surface area contributed by atoms with E-state index in [4.69, 9.17) is 18.9 Å². The van der Waals surface area contributed by atoms with Crippen molar-refractivity contribution in [3.63, 3.8) is 0 Å². The van der Waals surface area contributed by atoms with Crippen LogP contribution in [0.25, 0.3) is 0 Å². The number of carbonyl (C=O) groups excluding carboxylic acids is 5. The number of urea groups is 1. The number of benzene rings is 1. The number of amides is 6. The molecule has 0 saturated heterocycles. The molecule has 64 heavy (non-hydrogen) atoms. The summed E-state index contributed by atoms with van der Waals surface area (Å²) in [5.74, 6) is -2.31. The van der Waals surface area contributed by atoms with Crippen LogP contribution in [0.1, 0.15) is 82.9 Å². The van der Waals surface area contributed by atoms with E-state index in [-0.39, 0.29) is 68.8 Å². The van der Waals surface area contributed by atoms with Crippen LogP contribution in [-0.4, -0.2) is 140 Å². The first-order valence-electron chi connectivity index (χ1n) is 22.2. The van der Waals surface area contributed by atoms with Crippen molar-refractivity contribution >= 4 is 47.0 Å². The van der Waals surface area contributed by atoms with E-state index >= 15 is 0 Å². The van der Waals surface area contributed by atoms with E-state index < -0.39 is 23.2 Å². The number of hydrogen-bond donors (Lipinski definition) is 5. The van der Waals surface area contributed by atoms with Gasteiger partial charge in [-0.05, 0) is 54.2 Å². The fourth-order valence-corrected chi connectivity index (χ4v) is 7.63. The number of rotatable bonds is 29. The Labute approximate surface area is 375 Å². The SMILES string of the molecule is CCC(CC)C(C)(CC(=O)O)C(=O)NCC(=O)NCCOCCOCCOCCOCCC(=O)NCCCN1N=C(c2ccc(NC(=O)N3Cc4ccncc4C3)cc2)C(C)CC1=O. The van der Waals surface area contributed by atoms with Crippen molar-refractivity contribution in [2.45, 2.75) is 79.3 Å². The highest BCUT2D eigenvalue weighted by Gasteiger charge is 2.41. The van der Waals surface area contributed by atoms with Gasteiger partial charge in [0.25, 0.3) is 0 Å². The van der Waals surface area contributed by atoms with E-state index in [2.05, 4.69) is 31.4 Å². The lowest BCUT2D eigenvalue weighted by molar-refractivity contribution is -0.147. The fraction of sp³-hybridized carbons (Fsp3) is 0.600. The molecule has 3 heterocycles. The van der Waals surface area contributed by atoms with Crippen LogP contribution in [0.15, 0.2) is 47.8 Å². The van der Waals surface area contributed by atoms with Crippen molar-refractivity contribution in [2.24, 2.45) is 22.4 Å². The first-order chi connectivity index (χ1) is 30.8. The van der Waals surface area contributed by atoms with Gasteiger partial charge in [-0.2, -0.15) is 5.10 Å². The quantitative estimate of drug-likeness (QED) is 0.0740. The van der Waals surface area contributed by atoms with Gasteiger partial charge >= 0.3 is 12.0 Å². The molecule has 0 bridgehead atoms. The topological polar surface area (TPSA) is 239 Å². The smallest absolute Gasteiger partial charge is 0.322 e. The third-order valence-electron chi connectivity index (χ3n) is 11.3. The summed E-state index contributed by atoms with van der Waals surface area (Å²) in [6.07, 6.45) is 5.57. The summed E-state index contributed by atoms with van der Waals surface area (Å²) in [6.45, 7) is 11.8. The zero-order chi connectivity index (χ0) is 46.3. The van der Waals surface area contributed by atoms with E-state index in [1.54, 1.807) is 24.2 Å². The molecule has 352 valence electrons. The number of hydrogen-bond acceptors (Lipinski definition) is 12. The van der Waals surface area contributed by atoms with Crippen LogP contribution in [0.3, 0.4) is 0 Å². The van der Waals surface area contributed by atoms with Gasteiger partial charge in [0.1, 0.15) is 0 Å². The molecule has 2 atom stereocenters. The first-order valence-corrected chi connectivity index (χ1v) is 22.2. The van der Waals surface area contributed by atoms with Gasteiger partial charge in [0.15, 0.2) is 0 Å². The predicted octanol–water partition coefficient (Wildman–Crippen LogP) is 3.31. The van der Waals surface area contributed by atoms with E-state index in [9.17, 15) is 33.9 Å². The summed E-state index contributed by atoms with van der Waals surface area (Å²) < 4.78 is 21.9. The molecule has 4 rings (SSSR count). The minimum atomic E-state index is -1.11. The highest BCUT2D eigenvalue weighted by atomic mass is 16.6. The van der Waals surface area contributed by atoms with Crippen LogP contribution in [0.5, 0.6) is 0 Å². The molecule has 0 spiro atoms. The molecule has 2 unspecified atom stereocenters. The van der Waals surface area contributed by atoms with Crippen LogP contribution in [0.2, 0.25) is 0 Å². The number of nitrogens with one attached hydrogen (secondary N) is 4. The van der Waals surface area contributed by atoms with Crippen molar-refractivity contribution < 1.29 is 52.8 Å².